The summed E-state index contributed by atoms with van der Waals surface area (Å²) in [6.07, 6.45) is 3.86. The maximum absolute atomic E-state index is 12.7. The number of hydrogen-bond acceptors (Lipinski definition) is 4. The molecule has 0 atom stereocenters. The Bertz CT molecular complexity index is 1360. The lowest BCUT2D eigenvalue weighted by Gasteiger charge is -2.09. The lowest BCUT2D eigenvalue weighted by molar-refractivity contribution is -0.115. The fourth-order valence-electron chi connectivity index (χ4n) is 3.61. The van der Waals surface area contributed by atoms with E-state index < -0.39 is 0 Å². The molecule has 0 aliphatic rings. The van der Waals surface area contributed by atoms with E-state index in [1.54, 1.807) is 23.7 Å². The molecule has 0 aliphatic carbocycles. The van der Waals surface area contributed by atoms with Crippen LogP contribution in [0.3, 0.4) is 0 Å². The van der Waals surface area contributed by atoms with Crippen LogP contribution in [-0.2, 0) is 11.2 Å². The Hall–Kier alpha value is -3.83. The largest absolute Gasteiger partial charge is 0.326 e. The number of pyridine rings is 1. The number of carbonyl (C=O) groups excluding carboxylic acids is 1. The zero-order valence-electron chi connectivity index (χ0n) is 16.7. The zero-order valence-corrected chi connectivity index (χ0v) is 17.5. The van der Waals surface area contributed by atoms with Gasteiger partial charge in [0.25, 0.3) is 0 Å². The SMILES string of the molecule is O=C(Cc1cccc2ccccc12)Nc1cccc(-c2csc(-c3ccncc3)n2)c1. The number of thiazole rings is 1. The van der Waals surface area contributed by atoms with Crippen molar-refractivity contribution in [1.82, 2.24) is 9.97 Å². The summed E-state index contributed by atoms with van der Waals surface area (Å²) < 4.78 is 0. The minimum atomic E-state index is -0.0377. The Morgan fingerprint density at radius 3 is 2.58 bits per heavy atom. The number of nitrogens with zero attached hydrogens (tertiary/aromatic N) is 2. The summed E-state index contributed by atoms with van der Waals surface area (Å²) in [4.78, 5) is 21.5. The molecule has 5 heteroatoms. The summed E-state index contributed by atoms with van der Waals surface area (Å²) >= 11 is 1.59. The number of fused-ring (bicyclic) bond motifs is 1. The molecule has 5 aromatic rings. The number of hydrogen-bond donors (Lipinski definition) is 1. The molecule has 3 aromatic carbocycles. The summed E-state index contributed by atoms with van der Waals surface area (Å²) in [5.74, 6) is -0.0377. The molecule has 0 saturated carbocycles. The van der Waals surface area contributed by atoms with Gasteiger partial charge in [-0.2, -0.15) is 0 Å². The van der Waals surface area contributed by atoms with Crippen molar-refractivity contribution in [2.24, 2.45) is 0 Å². The van der Waals surface area contributed by atoms with E-state index in [1.165, 1.54) is 0 Å². The molecule has 0 bridgehead atoms. The van der Waals surface area contributed by atoms with Gasteiger partial charge in [0, 0.05) is 34.6 Å². The smallest absolute Gasteiger partial charge is 0.228 e. The number of carbonyl (C=O) groups is 1. The van der Waals surface area contributed by atoms with Gasteiger partial charge in [-0.3, -0.25) is 9.78 Å². The second-order valence-electron chi connectivity index (χ2n) is 7.22. The summed E-state index contributed by atoms with van der Waals surface area (Å²) in [5.41, 5.74) is 4.70. The maximum Gasteiger partial charge on any atom is 0.228 e. The van der Waals surface area contributed by atoms with E-state index in [4.69, 9.17) is 4.98 Å². The number of nitrogens with one attached hydrogen (secondary N) is 1. The van der Waals surface area contributed by atoms with Crippen LogP contribution in [0.4, 0.5) is 5.69 Å². The quantitative estimate of drug-likeness (QED) is 0.367. The monoisotopic (exact) mass is 421 g/mol. The van der Waals surface area contributed by atoms with Gasteiger partial charge in [-0.25, -0.2) is 4.98 Å². The van der Waals surface area contributed by atoms with Crippen molar-refractivity contribution in [3.05, 3.63) is 102 Å². The Kier molecular flexibility index (Phi) is 5.25. The Labute approximate surface area is 184 Å². The summed E-state index contributed by atoms with van der Waals surface area (Å²) in [7, 11) is 0. The van der Waals surface area contributed by atoms with Crippen molar-refractivity contribution in [2.45, 2.75) is 6.42 Å². The molecule has 31 heavy (non-hydrogen) atoms. The Morgan fingerprint density at radius 2 is 1.68 bits per heavy atom. The maximum atomic E-state index is 12.7. The fraction of sp³-hybridized carbons (Fsp3) is 0.0385. The van der Waals surface area contributed by atoms with Crippen molar-refractivity contribution in [3.8, 4) is 21.8 Å². The molecule has 5 rings (SSSR count). The lowest BCUT2D eigenvalue weighted by atomic mass is 10.0. The van der Waals surface area contributed by atoms with Crippen molar-refractivity contribution in [2.75, 3.05) is 5.32 Å². The molecule has 1 amide bonds. The molecule has 0 spiro atoms. The molecular weight excluding hydrogens is 402 g/mol. The van der Waals surface area contributed by atoms with E-state index in [0.717, 1.165) is 43.9 Å². The third kappa shape index (κ3) is 4.22. The predicted molar refractivity (Wildman–Crippen MR) is 127 cm³/mol. The van der Waals surface area contributed by atoms with Crippen LogP contribution < -0.4 is 5.32 Å². The number of rotatable bonds is 5. The molecule has 0 saturated heterocycles. The Balaban J connectivity index is 1.34. The number of amides is 1. The highest BCUT2D eigenvalue weighted by molar-refractivity contribution is 7.13. The first-order chi connectivity index (χ1) is 15.3. The molecule has 1 N–H and O–H groups in total. The standard InChI is InChI=1S/C26H19N3OS/c30-25(16-20-7-3-6-18-5-1-2-10-23(18)20)28-22-9-4-8-21(15-22)24-17-31-26(29-24)19-11-13-27-14-12-19/h1-15,17H,16H2,(H,28,30). The van der Waals surface area contributed by atoms with E-state index in [0.29, 0.717) is 6.42 Å². The van der Waals surface area contributed by atoms with Crippen LogP contribution in [0, 0.1) is 0 Å². The summed E-state index contributed by atoms with van der Waals surface area (Å²) in [6.45, 7) is 0. The van der Waals surface area contributed by atoms with Crippen LogP contribution >= 0.6 is 11.3 Å². The van der Waals surface area contributed by atoms with Gasteiger partial charge in [-0.1, -0.05) is 54.6 Å². The molecule has 2 aromatic heterocycles. The highest BCUT2D eigenvalue weighted by Crippen LogP contribution is 2.29. The molecule has 4 nitrogen and oxygen atoms in total. The van der Waals surface area contributed by atoms with Crippen LogP contribution in [0.1, 0.15) is 5.56 Å². The first kappa shape index (κ1) is 19.2. The third-order valence-corrected chi connectivity index (χ3v) is 6.00. The van der Waals surface area contributed by atoms with Crippen molar-refractivity contribution >= 4 is 33.7 Å². The van der Waals surface area contributed by atoms with Crippen LogP contribution in [0.5, 0.6) is 0 Å². The predicted octanol–water partition coefficient (Wildman–Crippen LogP) is 6.21. The molecule has 0 fully saturated rings. The highest BCUT2D eigenvalue weighted by Gasteiger charge is 2.10. The normalized spacial score (nSPS) is 10.8. The summed E-state index contributed by atoms with van der Waals surface area (Å²) in [5, 5.41) is 8.27. The topological polar surface area (TPSA) is 54.9 Å². The molecule has 0 unspecified atom stereocenters. The minimum absolute atomic E-state index is 0.0377. The molecule has 0 radical (unpaired) electrons. The molecule has 150 valence electrons. The lowest BCUT2D eigenvalue weighted by Crippen LogP contribution is -2.14. The molecular formula is C26H19N3OS. The van der Waals surface area contributed by atoms with Crippen LogP contribution in [0.2, 0.25) is 0 Å². The van der Waals surface area contributed by atoms with Crippen LogP contribution in [0.25, 0.3) is 32.6 Å². The third-order valence-electron chi connectivity index (χ3n) is 5.10. The van der Waals surface area contributed by atoms with Crippen LogP contribution in [-0.4, -0.2) is 15.9 Å². The van der Waals surface area contributed by atoms with E-state index >= 15 is 0 Å². The van der Waals surface area contributed by atoms with E-state index in [2.05, 4.69) is 28.5 Å². The first-order valence-corrected chi connectivity index (χ1v) is 10.9. The van der Waals surface area contributed by atoms with Gasteiger partial charge < -0.3 is 5.32 Å². The average molecular weight is 422 g/mol. The van der Waals surface area contributed by atoms with Gasteiger partial charge in [0.2, 0.25) is 5.91 Å². The van der Waals surface area contributed by atoms with Crippen molar-refractivity contribution in [3.63, 3.8) is 0 Å². The van der Waals surface area contributed by atoms with Gasteiger partial charge in [0.15, 0.2) is 0 Å². The summed E-state index contributed by atoms with van der Waals surface area (Å²) in [6, 6.07) is 25.9. The van der Waals surface area contributed by atoms with Gasteiger partial charge in [0.1, 0.15) is 5.01 Å². The van der Waals surface area contributed by atoms with Gasteiger partial charge >= 0.3 is 0 Å². The van der Waals surface area contributed by atoms with Gasteiger partial charge in [-0.05, 0) is 40.6 Å². The molecule has 2 heterocycles. The van der Waals surface area contributed by atoms with Gasteiger partial charge in [-0.15, -0.1) is 11.3 Å². The van der Waals surface area contributed by atoms with Crippen molar-refractivity contribution < 1.29 is 4.79 Å². The number of benzene rings is 3. The first-order valence-electron chi connectivity index (χ1n) is 9.99. The number of aromatic nitrogens is 2. The van der Waals surface area contributed by atoms with Gasteiger partial charge in [0.05, 0.1) is 12.1 Å². The van der Waals surface area contributed by atoms with E-state index in [-0.39, 0.29) is 5.91 Å². The zero-order chi connectivity index (χ0) is 21.0. The van der Waals surface area contributed by atoms with Crippen LogP contribution in [0.15, 0.2) is 96.6 Å². The number of anilines is 1. The molecule has 0 aliphatic heterocycles. The second-order valence-corrected chi connectivity index (χ2v) is 8.08. The minimum Gasteiger partial charge on any atom is -0.326 e. The average Bonchev–Trinajstić information content (AvgIpc) is 3.31. The fourth-order valence-corrected chi connectivity index (χ4v) is 4.45. The van der Waals surface area contributed by atoms with Crippen molar-refractivity contribution in [1.29, 1.82) is 0 Å². The Morgan fingerprint density at radius 1 is 0.871 bits per heavy atom. The highest BCUT2D eigenvalue weighted by atomic mass is 32.1. The van der Waals surface area contributed by atoms with E-state index in [1.807, 2.05) is 66.0 Å². The van der Waals surface area contributed by atoms with E-state index in [9.17, 15) is 4.79 Å². The second kappa shape index (κ2) is 8.50.